The Morgan fingerprint density at radius 3 is 2.65 bits per heavy atom. The maximum absolute atomic E-state index is 12.2. The Morgan fingerprint density at radius 1 is 1.41 bits per heavy atom. The van der Waals surface area contributed by atoms with Crippen molar-refractivity contribution in [1.82, 2.24) is 10.2 Å². The van der Waals surface area contributed by atoms with Gasteiger partial charge in [0.15, 0.2) is 0 Å². The molecule has 1 aromatic heterocycles. The van der Waals surface area contributed by atoms with Crippen molar-refractivity contribution in [3.05, 3.63) is 23.7 Å². The number of alkyl halides is 3. The first-order chi connectivity index (χ1) is 7.94. The molecule has 1 aromatic rings. The van der Waals surface area contributed by atoms with Gasteiger partial charge < -0.3 is 9.73 Å². The molecular weight excluding hydrogens is 233 g/mol. The highest BCUT2D eigenvalue weighted by Crippen LogP contribution is 2.18. The molecule has 0 bridgehead atoms. The van der Waals surface area contributed by atoms with Crippen LogP contribution < -0.4 is 5.32 Å². The van der Waals surface area contributed by atoms with Crippen LogP contribution >= 0.6 is 0 Å². The van der Waals surface area contributed by atoms with E-state index in [-0.39, 0.29) is 6.54 Å². The summed E-state index contributed by atoms with van der Waals surface area (Å²) < 4.78 is 41.9. The van der Waals surface area contributed by atoms with Crippen molar-refractivity contribution < 1.29 is 17.6 Å². The predicted molar refractivity (Wildman–Crippen MR) is 58.5 cm³/mol. The molecule has 0 aliphatic rings. The Labute approximate surface area is 98.6 Å². The van der Waals surface area contributed by atoms with Crippen molar-refractivity contribution in [3.8, 4) is 0 Å². The van der Waals surface area contributed by atoms with E-state index >= 15 is 0 Å². The standard InChI is InChI=1S/C11H17F3N2O/c1-3-16(8-11(12,13)14)6-10-4-9(5-15-2)7-17-10/h4,7,15H,3,5-6,8H2,1-2H3. The molecule has 0 amide bonds. The minimum atomic E-state index is -4.17. The van der Waals surface area contributed by atoms with Gasteiger partial charge in [0.05, 0.1) is 19.4 Å². The minimum Gasteiger partial charge on any atom is -0.468 e. The smallest absolute Gasteiger partial charge is 0.401 e. The van der Waals surface area contributed by atoms with Crippen molar-refractivity contribution in [2.24, 2.45) is 0 Å². The molecule has 0 saturated carbocycles. The zero-order valence-electron chi connectivity index (χ0n) is 9.97. The van der Waals surface area contributed by atoms with Gasteiger partial charge in [-0.15, -0.1) is 0 Å². The Morgan fingerprint density at radius 2 is 2.12 bits per heavy atom. The molecule has 98 valence electrons. The molecule has 0 fully saturated rings. The first-order valence-corrected chi connectivity index (χ1v) is 5.44. The van der Waals surface area contributed by atoms with Crippen LogP contribution in [0.25, 0.3) is 0 Å². The monoisotopic (exact) mass is 250 g/mol. The third-order valence-electron chi connectivity index (χ3n) is 2.32. The summed E-state index contributed by atoms with van der Waals surface area (Å²) in [4.78, 5) is 1.29. The zero-order valence-corrected chi connectivity index (χ0v) is 9.97. The van der Waals surface area contributed by atoms with Crippen LogP contribution in [0.5, 0.6) is 0 Å². The van der Waals surface area contributed by atoms with Gasteiger partial charge in [0.25, 0.3) is 0 Å². The quantitative estimate of drug-likeness (QED) is 0.840. The van der Waals surface area contributed by atoms with Gasteiger partial charge >= 0.3 is 6.18 Å². The summed E-state index contributed by atoms with van der Waals surface area (Å²) in [7, 11) is 1.80. The Balaban J connectivity index is 2.54. The van der Waals surface area contributed by atoms with E-state index in [9.17, 15) is 13.2 Å². The summed E-state index contributed by atoms with van der Waals surface area (Å²) >= 11 is 0. The molecule has 0 aromatic carbocycles. The first-order valence-electron chi connectivity index (χ1n) is 5.44. The van der Waals surface area contributed by atoms with Gasteiger partial charge in [-0.1, -0.05) is 6.92 Å². The lowest BCUT2D eigenvalue weighted by Gasteiger charge is -2.20. The highest BCUT2D eigenvalue weighted by molar-refractivity contribution is 5.12. The number of halogens is 3. The molecule has 0 spiro atoms. The topological polar surface area (TPSA) is 28.4 Å². The molecule has 0 unspecified atom stereocenters. The highest BCUT2D eigenvalue weighted by atomic mass is 19.4. The summed E-state index contributed by atoms with van der Waals surface area (Å²) in [6, 6.07) is 1.77. The molecule has 3 nitrogen and oxygen atoms in total. The fraction of sp³-hybridized carbons (Fsp3) is 0.636. The average Bonchev–Trinajstić information content (AvgIpc) is 2.63. The highest BCUT2D eigenvalue weighted by Gasteiger charge is 2.30. The average molecular weight is 250 g/mol. The summed E-state index contributed by atoms with van der Waals surface area (Å²) in [5, 5.41) is 2.95. The van der Waals surface area contributed by atoms with Crippen LogP contribution in [0.15, 0.2) is 16.7 Å². The lowest BCUT2D eigenvalue weighted by Crippen LogP contribution is -2.33. The van der Waals surface area contributed by atoms with E-state index in [4.69, 9.17) is 4.42 Å². The second kappa shape index (κ2) is 6.07. The van der Waals surface area contributed by atoms with Gasteiger partial charge in [0.1, 0.15) is 5.76 Å². The number of hydrogen-bond donors (Lipinski definition) is 1. The Hall–Kier alpha value is -1.01. The lowest BCUT2D eigenvalue weighted by atomic mass is 10.3. The molecule has 6 heteroatoms. The molecular formula is C11H17F3N2O. The molecule has 1 N–H and O–H groups in total. The number of rotatable bonds is 6. The van der Waals surface area contributed by atoms with E-state index < -0.39 is 12.7 Å². The SMILES string of the molecule is CCN(Cc1cc(CNC)co1)CC(F)(F)F. The molecule has 17 heavy (non-hydrogen) atoms. The summed E-state index contributed by atoms with van der Waals surface area (Å²) in [5.41, 5.74) is 0.936. The van der Waals surface area contributed by atoms with Crippen LogP contribution in [0, 0.1) is 0 Å². The summed E-state index contributed by atoms with van der Waals surface area (Å²) in [5.74, 6) is 0.557. The van der Waals surface area contributed by atoms with Crippen molar-refractivity contribution in [3.63, 3.8) is 0 Å². The largest absolute Gasteiger partial charge is 0.468 e. The van der Waals surface area contributed by atoms with Crippen LogP contribution in [0.3, 0.4) is 0 Å². The maximum Gasteiger partial charge on any atom is 0.401 e. The van der Waals surface area contributed by atoms with E-state index in [1.54, 1.807) is 26.3 Å². The third kappa shape index (κ3) is 5.23. The van der Waals surface area contributed by atoms with Crippen molar-refractivity contribution in [2.75, 3.05) is 20.1 Å². The van der Waals surface area contributed by atoms with E-state index in [2.05, 4.69) is 5.32 Å². The number of nitrogens with zero attached hydrogens (tertiary/aromatic N) is 1. The van der Waals surface area contributed by atoms with Gasteiger partial charge in [0, 0.05) is 12.1 Å². The third-order valence-corrected chi connectivity index (χ3v) is 2.32. The molecule has 0 saturated heterocycles. The Kier molecular flexibility index (Phi) is 5.02. The molecule has 0 atom stereocenters. The van der Waals surface area contributed by atoms with E-state index in [0.717, 1.165) is 5.56 Å². The van der Waals surface area contributed by atoms with Crippen molar-refractivity contribution in [2.45, 2.75) is 26.2 Å². The predicted octanol–water partition coefficient (Wildman–Crippen LogP) is 2.38. The van der Waals surface area contributed by atoms with Gasteiger partial charge in [0.2, 0.25) is 0 Å². The molecule has 0 aliphatic carbocycles. The fourth-order valence-electron chi connectivity index (χ4n) is 1.56. The van der Waals surface area contributed by atoms with Gasteiger partial charge in [-0.2, -0.15) is 13.2 Å². The molecule has 1 heterocycles. The maximum atomic E-state index is 12.2. The normalized spacial score (nSPS) is 12.4. The van der Waals surface area contributed by atoms with Crippen LogP contribution in [0.2, 0.25) is 0 Å². The zero-order chi connectivity index (χ0) is 12.9. The molecule has 0 radical (unpaired) electrons. The van der Waals surface area contributed by atoms with E-state index in [1.807, 2.05) is 0 Å². The second-order valence-electron chi connectivity index (χ2n) is 3.87. The van der Waals surface area contributed by atoms with Crippen LogP contribution in [-0.4, -0.2) is 31.2 Å². The number of hydrogen-bond acceptors (Lipinski definition) is 3. The molecule has 1 rings (SSSR count). The lowest BCUT2D eigenvalue weighted by molar-refractivity contribution is -0.147. The second-order valence-corrected chi connectivity index (χ2v) is 3.87. The van der Waals surface area contributed by atoms with E-state index in [1.165, 1.54) is 4.90 Å². The Bertz CT molecular complexity index is 336. The minimum absolute atomic E-state index is 0.180. The van der Waals surface area contributed by atoms with E-state index in [0.29, 0.717) is 18.8 Å². The first kappa shape index (κ1) is 14.1. The number of furan rings is 1. The van der Waals surface area contributed by atoms with Gasteiger partial charge in [-0.05, 0) is 19.7 Å². The van der Waals surface area contributed by atoms with Gasteiger partial charge in [-0.25, -0.2) is 0 Å². The van der Waals surface area contributed by atoms with Crippen molar-refractivity contribution >= 4 is 0 Å². The van der Waals surface area contributed by atoms with Crippen LogP contribution in [-0.2, 0) is 13.1 Å². The summed E-state index contributed by atoms with van der Waals surface area (Å²) in [6.45, 7) is 1.95. The summed E-state index contributed by atoms with van der Waals surface area (Å²) in [6.07, 6.45) is -2.61. The fourth-order valence-corrected chi connectivity index (χ4v) is 1.56. The van der Waals surface area contributed by atoms with Gasteiger partial charge in [-0.3, -0.25) is 4.90 Å². The van der Waals surface area contributed by atoms with Crippen LogP contribution in [0.1, 0.15) is 18.2 Å². The number of nitrogens with one attached hydrogen (secondary N) is 1. The van der Waals surface area contributed by atoms with Crippen LogP contribution in [0.4, 0.5) is 13.2 Å². The van der Waals surface area contributed by atoms with Crippen molar-refractivity contribution in [1.29, 1.82) is 0 Å². The molecule has 0 aliphatic heterocycles.